The number of aromatic nitrogens is 4. The van der Waals surface area contributed by atoms with Crippen LogP contribution >= 0.6 is 11.8 Å². The van der Waals surface area contributed by atoms with Gasteiger partial charge in [-0.15, -0.1) is 5.10 Å². The highest BCUT2D eigenvalue weighted by Gasteiger charge is 2.18. The van der Waals surface area contributed by atoms with Crippen LogP contribution in [0, 0.1) is 13.8 Å². The number of fused-ring (bicyclic) bond motifs is 1. The van der Waals surface area contributed by atoms with Gasteiger partial charge in [-0.25, -0.2) is 9.50 Å². The highest BCUT2D eigenvalue weighted by atomic mass is 32.2. The zero-order valence-corrected chi connectivity index (χ0v) is 15.6. The molecular weight excluding hydrogens is 334 g/mol. The van der Waals surface area contributed by atoms with Crippen molar-refractivity contribution in [3.8, 4) is 0 Å². The normalized spacial score (nSPS) is 12.3. The summed E-state index contributed by atoms with van der Waals surface area (Å²) in [7, 11) is 0. The third-order valence-electron chi connectivity index (χ3n) is 3.88. The van der Waals surface area contributed by atoms with E-state index in [1.165, 1.54) is 17.3 Å². The number of rotatable bonds is 5. The van der Waals surface area contributed by atoms with Crippen molar-refractivity contribution in [2.45, 2.75) is 44.5 Å². The van der Waals surface area contributed by atoms with Gasteiger partial charge in [-0.05, 0) is 51.0 Å². The highest BCUT2D eigenvalue weighted by molar-refractivity contribution is 8.00. The number of thioether (sulfide) groups is 1. The quantitative estimate of drug-likeness (QED) is 0.710. The van der Waals surface area contributed by atoms with Crippen molar-refractivity contribution in [2.24, 2.45) is 0 Å². The first-order valence-corrected chi connectivity index (χ1v) is 9.11. The van der Waals surface area contributed by atoms with Crippen LogP contribution in [-0.4, -0.2) is 30.7 Å². The van der Waals surface area contributed by atoms with Crippen LogP contribution in [0.1, 0.15) is 30.8 Å². The summed E-state index contributed by atoms with van der Waals surface area (Å²) in [5.41, 5.74) is 3.91. The maximum atomic E-state index is 12.4. The Balaban J connectivity index is 1.69. The smallest absolute Gasteiger partial charge is 0.253 e. The minimum atomic E-state index is -0.315. The first-order chi connectivity index (χ1) is 12.0. The molecule has 0 aliphatic rings. The van der Waals surface area contributed by atoms with E-state index in [2.05, 4.69) is 27.3 Å². The molecule has 1 amide bonds. The van der Waals surface area contributed by atoms with Gasteiger partial charge in [-0.1, -0.05) is 30.8 Å². The molecule has 0 spiro atoms. The van der Waals surface area contributed by atoms with Gasteiger partial charge in [0.15, 0.2) is 0 Å². The first kappa shape index (κ1) is 17.4. The fourth-order valence-corrected chi connectivity index (χ4v) is 3.22. The number of aryl methyl sites for hydroxylation is 3. The lowest BCUT2D eigenvalue weighted by atomic mass is 10.1. The van der Waals surface area contributed by atoms with Crippen molar-refractivity contribution in [1.82, 2.24) is 19.6 Å². The van der Waals surface area contributed by atoms with E-state index in [4.69, 9.17) is 0 Å². The molecular formula is C18H21N5OS. The SMILES string of the molecule is CCc1ccc(NC(=O)[C@H](C)Sc2nc3nc(C)cc(C)n3n2)cc1. The highest BCUT2D eigenvalue weighted by Crippen LogP contribution is 2.22. The van der Waals surface area contributed by atoms with Gasteiger partial charge in [0.25, 0.3) is 5.78 Å². The molecule has 1 aromatic carbocycles. The Kier molecular flexibility index (Phi) is 5.03. The number of hydrogen-bond acceptors (Lipinski definition) is 5. The van der Waals surface area contributed by atoms with Crippen molar-refractivity contribution >= 4 is 29.1 Å². The summed E-state index contributed by atoms with van der Waals surface area (Å²) in [5.74, 6) is 0.483. The van der Waals surface area contributed by atoms with Gasteiger partial charge < -0.3 is 5.32 Å². The summed E-state index contributed by atoms with van der Waals surface area (Å²) < 4.78 is 1.70. The Labute approximate surface area is 151 Å². The third-order valence-corrected chi connectivity index (χ3v) is 4.83. The molecule has 0 bridgehead atoms. The monoisotopic (exact) mass is 355 g/mol. The van der Waals surface area contributed by atoms with Crippen LogP contribution in [0.25, 0.3) is 5.78 Å². The number of nitrogens with one attached hydrogen (secondary N) is 1. The van der Waals surface area contributed by atoms with E-state index < -0.39 is 0 Å². The molecule has 0 saturated carbocycles. The second-order valence-corrected chi connectivity index (χ2v) is 7.25. The molecule has 130 valence electrons. The average Bonchev–Trinajstić information content (AvgIpc) is 2.98. The number of nitrogens with zero attached hydrogens (tertiary/aromatic N) is 4. The summed E-state index contributed by atoms with van der Waals surface area (Å²) in [4.78, 5) is 21.2. The molecule has 1 N–H and O–H groups in total. The molecule has 0 unspecified atom stereocenters. The topological polar surface area (TPSA) is 72.2 Å². The van der Waals surface area contributed by atoms with E-state index in [0.717, 1.165) is 23.5 Å². The second kappa shape index (κ2) is 7.23. The summed E-state index contributed by atoms with van der Waals surface area (Å²) in [6.45, 7) is 7.83. The van der Waals surface area contributed by atoms with Gasteiger partial charge >= 0.3 is 0 Å². The lowest BCUT2D eigenvalue weighted by Crippen LogP contribution is -2.22. The molecule has 0 saturated heterocycles. The number of carbonyl (C=O) groups is 1. The van der Waals surface area contributed by atoms with Gasteiger partial charge in [-0.3, -0.25) is 4.79 Å². The molecule has 1 atom stereocenters. The van der Waals surface area contributed by atoms with E-state index >= 15 is 0 Å². The second-order valence-electron chi connectivity index (χ2n) is 5.94. The van der Waals surface area contributed by atoms with Crippen LogP contribution < -0.4 is 5.32 Å². The fourth-order valence-electron chi connectivity index (χ4n) is 2.48. The molecule has 0 aliphatic carbocycles. The zero-order chi connectivity index (χ0) is 18.0. The fraction of sp³-hybridized carbons (Fsp3) is 0.333. The van der Waals surface area contributed by atoms with Gasteiger partial charge in [-0.2, -0.15) is 4.98 Å². The maximum absolute atomic E-state index is 12.4. The Morgan fingerprint density at radius 3 is 2.64 bits per heavy atom. The lowest BCUT2D eigenvalue weighted by molar-refractivity contribution is -0.115. The largest absolute Gasteiger partial charge is 0.325 e. The van der Waals surface area contributed by atoms with Gasteiger partial charge in [0, 0.05) is 17.1 Å². The number of hydrogen-bond donors (Lipinski definition) is 1. The van der Waals surface area contributed by atoms with Crippen molar-refractivity contribution in [1.29, 1.82) is 0 Å². The van der Waals surface area contributed by atoms with Gasteiger partial charge in [0.05, 0.1) is 5.25 Å². The predicted octanol–water partition coefficient (Wildman–Crippen LogP) is 3.42. The molecule has 2 aromatic heterocycles. The Morgan fingerprint density at radius 1 is 1.24 bits per heavy atom. The summed E-state index contributed by atoms with van der Waals surface area (Å²) in [5, 5.41) is 7.59. The molecule has 3 aromatic rings. The van der Waals surface area contributed by atoms with Crippen molar-refractivity contribution in [3.63, 3.8) is 0 Å². The third kappa shape index (κ3) is 3.99. The van der Waals surface area contributed by atoms with Crippen molar-refractivity contribution < 1.29 is 4.79 Å². The van der Waals surface area contributed by atoms with Crippen LogP contribution in [0.3, 0.4) is 0 Å². The zero-order valence-electron chi connectivity index (χ0n) is 14.8. The molecule has 7 heteroatoms. The van der Waals surface area contributed by atoms with E-state index in [-0.39, 0.29) is 11.2 Å². The summed E-state index contributed by atoms with van der Waals surface area (Å²) in [6.07, 6.45) is 0.979. The van der Waals surface area contributed by atoms with E-state index in [1.54, 1.807) is 4.52 Å². The van der Waals surface area contributed by atoms with E-state index in [1.807, 2.05) is 51.1 Å². The summed E-state index contributed by atoms with van der Waals surface area (Å²) in [6, 6.07) is 9.84. The number of benzene rings is 1. The van der Waals surface area contributed by atoms with Crippen LogP contribution in [0.2, 0.25) is 0 Å². The molecule has 0 aliphatic heterocycles. The van der Waals surface area contributed by atoms with Crippen molar-refractivity contribution in [2.75, 3.05) is 5.32 Å². The number of anilines is 1. The van der Waals surface area contributed by atoms with Crippen molar-refractivity contribution in [3.05, 3.63) is 47.3 Å². The lowest BCUT2D eigenvalue weighted by Gasteiger charge is -2.10. The first-order valence-electron chi connectivity index (χ1n) is 8.23. The Morgan fingerprint density at radius 2 is 1.96 bits per heavy atom. The molecule has 3 rings (SSSR count). The van der Waals surface area contributed by atoms with Crippen LogP contribution in [0.15, 0.2) is 35.5 Å². The Hall–Kier alpha value is -2.41. The average molecular weight is 355 g/mol. The maximum Gasteiger partial charge on any atom is 0.253 e. The van der Waals surface area contributed by atoms with Gasteiger partial charge in [0.2, 0.25) is 11.1 Å². The molecule has 0 radical (unpaired) electrons. The Bertz CT molecular complexity index is 904. The molecule has 0 fully saturated rings. The summed E-state index contributed by atoms with van der Waals surface area (Å²) >= 11 is 1.32. The molecule has 6 nitrogen and oxygen atoms in total. The minimum Gasteiger partial charge on any atom is -0.325 e. The van der Waals surface area contributed by atoms with Gasteiger partial charge in [0.1, 0.15) is 0 Å². The van der Waals surface area contributed by atoms with Crippen LogP contribution in [0.4, 0.5) is 5.69 Å². The molecule has 2 heterocycles. The van der Waals surface area contributed by atoms with Crippen LogP contribution in [-0.2, 0) is 11.2 Å². The standard InChI is InChI=1S/C18H21N5OS/c1-5-14-6-8-15(9-7-14)20-16(24)13(4)25-18-21-17-19-11(2)10-12(3)23(17)22-18/h6-10,13H,5H2,1-4H3,(H,20,24)/t13-/m0/s1. The molecule has 25 heavy (non-hydrogen) atoms. The van der Waals surface area contributed by atoms with E-state index in [9.17, 15) is 4.79 Å². The predicted molar refractivity (Wildman–Crippen MR) is 100 cm³/mol. The van der Waals surface area contributed by atoms with Crippen LogP contribution in [0.5, 0.6) is 0 Å². The minimum absolute atomic E-state index is 0.0750. The number of amides is 1. The number of carbonyl (C=O) groups excluding carboxylic acids is 1. The van der Waals surface area contributed by atoms with E-state index in [0.29, 0.717) is 10.9 Å².